The number of hydrogen-bond acceptors (Lipinski definition) is 3. The van der Waals surface area contributed by atoms with E-state index in [-0.39, 0.29) is 5.56 Å². The maximum atomic E-state index is 11.0. The zero-order valence-electron chi connectivity index (χ0n) is 7.47. The minimum Gasteiger partial charge on any atom is -0.310 e. The lowest BCUT2D eigenvalue weighted by atomic mass is 10.2. The van der Waals surface area contributed by atoms with Gasteiger partial charge in [-0.15, -0.1) is 0 Å². The van der Waals surface area contributed by atoms with E-state index in [9.17, 15) is 4.79 Å². The molecule has 1 N–H and O–H groups in total. The predicted molar refractivity (Wildman–Crippen MR) is 51.9 cm³/mol. The van der Waals surface area contributed by atoms with Crippen LogP contribution in [0.2, 0.25) is 0 Å². The summed E-state index contributed by atoms with van der Waals surface area (Å²) in [5.41, 5.74) is 0.757. The Balaban J connectivity index is 2.24. The molecular weight excluding hydrogens is 178 g/mol. The molecule has 2 aromatic heterocycles. The molecule has 2 aromatic rings. The van der Waals surface area contributed by atoms with E-state index in [4.69, 9.17) is 0 Å². The van der Waals surface area contributed by atoms with Crippen molar-refractivity contribution in [3.8, 4) is 0 Å². The summed E-state index contributed by atoms with van der Waals surface area (Å²) < 4.78 is 0. The van der Waals surface area contributed by atoms with Gasteiger partial charge in [0.25, 0.3) is 5.56 Å². The van der Waals surface area contributed by atoms with Crippen LogP contribution in [-0.2, 0) is 6.42 Å². The molecule has 0 aliphatic rings. The normalized spacial score (nSPS) is 10.0. The zero-order chi connectivity index (χ0) is 9.80. The fraction of sp³-hybridized carbons (Fsp3) is 0.100. The van der Waals surface area contributed by atoms with Crippen molar-refractivity contribution < 1.29 is 0 Å². The Morgan fingerprint density at radius 2 is 2.07 bits per heavy atom. The topological polar surface area (TPSA) is 58.6 Å². The molecule has 14 heavy (non-hydrogen) atoms. The molecule has 2 heterocycles. The molecular formula is C10H9N3O. The van der Waals surface area contributed by atoms with Crippen molar-refractivity contribution in [2.45, 2.75) is 6.42 Å². The molecule has 0 aliphatic carbocycles. The molecule has 4 nitrogen and oxygen atoms in total. The Hall–Kier alpha value is -1.97. The Kier molecular flexibility index (Phi) is 2.36. The van der Waals surface area contributed by atoms with Gasteiger partial charge in [-0.05, 0) is 12.1 Å². The number of aromatic amines is 1. The van der Waals surface area contributed by atoms with Crippen LogP contribution < -0.4 is 5.56 Å². The van der Waals surface area contributed by atoms with Gasteiger partial charge in [-0.2, -0.15) is 0 Å². The van der Waals surface area contributed by atoms with Crippen molar-refractivity contribution >= 4 is 0 Å². The first-order valence-corrected chi connectivity index (χ1v) is 4.29. The molecule has 0 spiro atoms. The lowest BCUT2D eigenvalue weighted by molar-refractivity contribution is 0.918. The summed E-state index contributed by atoms with van der Waals surface area (Å²) in [6.07, 6.45) is 3.77. The van der Waals surface area contributed by atoms with E-state index in [1.807, 2.05) is 18.2 Å². The smallest absolute Gasteiger partial charge is 0.250 e. The maximum Gasteiger partial charge on any atom is 0.250 e. The van der Waals surface area contributed by atoms with E-state index >= 15 is 0 Å². The number of nitrogens with one attached hydrogen (secondary N) is 1. The number of rotatable bonds is 2. The summed E-state index contributed by atoms with van der Waals surface area (Å²) in [7, 11) is 0. The van der Waals surface area contributed by atoms with E-state index < -0.39 is 0 Å². The van der Waals surface area contributed by atoms with Crippen molar-refractivity contribution in [3.05, 3.63) is 58.5 Å². The van der Waals surface area contributed by atoms with Gasteiger partial charge in [0.05, 0.1) is 0 Å². The van der Waals surface area contributed by atoms with Gasteiger partial charge < -0.3 is 4.98 Å². The first kappa shape index (κ1) is 8.62. The lowest BCUT2D eigenvalue weighted by Crippen LogP contribution is -2.09. The highest BCUT2D eigenvalue weighted by molar-refractivity contribution is 5.09. The maximum absolute atomic E-state index is 11.0. The summed E-state index contributed by atoms with van der Waals surface area (Å²) >= 11 is 0. The molecule has 4 heteroatoms. The Labute approximate surface area is 80.7 Å². The minimum atomic E-state index is -0.133. The van der Waals surface area contributed by atoms with Gasteiger partial charge in [0.15, 0.2) is 0 Å². The van der Waals surface area contributed by atoms with Gasteiger partial charge >= 0.3 is 0 Å². The average molecular weight is 187 g/mol. The predicted octanol–water partition coefficient (Wildman–Crippen LogP) is 0.756. The van der Waals surface area contributed by atoms with Crippen LogP contribution in [0.25, 0.3) is 0 Å². The van der Waals surface area contributed by atoms with E-state index in [1.54, 1.807) is 6.20 Å². The third-order valence-electron chi connectivity index (χ3n) is 1.80. The highest BCUT2D eigenvalue weighted by Crippen LogP contribution is 1.98. The van der Waals surface area contributed by atoms with Crippen LogP contribution in [0, 0.1) is 0 Å². The largest absolute Gasteiger partial charge is 0.310 e. The third-order valence-corrected chi connectivity index (χ3v) is 1.80. The second-order valence-electron chi connectivity index (χ2n) is 2.88. The molecule has 2 rings (SSSR count). The molecule has 0 radical (unpaired) electrons. The SMILES string of the molecule is O=c1ccnc(Cc2ccccn2)[nH]1. The molecule has 0 bridgehead atoms. The number of pyridine rings is 1. The number of nitrogens with zero attached hydrogens (tertiary/aromatic N) is 2. The van der Waals surface area contributed by atoms with Crippen molar-refractivity contribution in [3.63, 3.8) is 0 Å². The van der Waals surface area contributed by atoms with Gasteiger partial charge in [0, 0.05) is 30.6 Å². The van der Waals surface area contributed by atoms with E-state index in [0.29, 0.717) is 12.2 Å². The molecule has 0 atom stereocenters. The molecule has 0 amide bonds. The van der Waals surface area contributed by atoms with Crippen LogP contribution in [0.5, 0.6) is 0 Å². The fourth-order valence-corrected chi connectivity index (χ4v) is 1.18. The fourth-order valence-electron chi connectivity index (χ4n) is 1.18. The molecule has 0 aromatic carbocycles. The number of aromatic nitrogens is 3. The van der Waals surface area contributed by atoms with Crippen LogP contribution in [0.15, 0.2) is 41.5 Å². The molecule has 0 fully saturated rings. The van der Waals surface area contributed by atoms with Gasteiger partial charge in [-0.25, -0.2) is 4.98 Å². The Morgan fingerprint density at radius 1 is 1.14 bits per heavy atom. The van der Waals surface area contributed by atoms with Crippen LogP contribution in [0.3, 0.4) is 0 Å². The summed E-state index contributed by atoms with van der Waals surface area (Å²) in [6, 6.07) is 7.04. The molecule has 70 valence electrons. The van der Waals surface area contributed by atoms with Gasteiger partial charge in [-0.1, -0.05) is 6.07 Å². The van der Waals surface area contributed by atoms with Crippen LogP contribution >= 0.6 is 0 Å². The zero-order valence-corrected chi connectivity index (χ0v) is 7.47. The highest BCUT2D eigenvalue weighted by Gasteiger charge is 1.97. The molecule has 0 saturated carbocycles. The monoisotopic (exact) mass is 187 g/mol. The minimum absolute atomic E-state index is 0.133. The number of H-pyrrole nitrogens is 1. The molecule has 0 aliphatic heterocycles. The van der Waals surface area contributed by atoms with Gasteiger partial charge in [-0.3, -0.25) is 9.78 Å². The Morgan fingerprint density at radius 3 is 2.79 bits per heavy atom. The van der Waals surface area contributed by atoms with Crippen LogP contribution in [0.4, 0.5) is 0 Å². The van der Waals surface area contributed by atoms with Crippen molar-refractivity contribution in [2.75, 3.05) is 0 Å². The first-order valence-electron chi connectivity index (χ1n) is 4.29. The standard InChI is InChI=1S/C10H9N3O/c14-10-4-6-12-9(13-10)7-8-3-1-2-5-11-8/h1-6H,7H2,(H,12,13,14). The number of hydrogen-bond donors (Lipinski definition) is 1. The summed E-state index contributed by atoms with van der Waals surface area (Å²) in [5.74, 6) is 0.635. The highest BCUT2D eigenvalue weighted by atomic mass is 16.1. The molecule has 0 saturated heterocycles. The second kappa shape index (κ2) is 3.83. The van der Waals surface area contributed by atoms with E-state index in [0.717, 1.165) is 5.69 Å². The summed E-state index contributed by atoms with van der Waals surface area (Å²) in [6.45, 7) is 0. The van der Waals surface area contributed by atoms with Gasteiger partial charge in [0.2, 0.25) is 0 Å². The van der Waals surface area contributed by atoms with E-state index in [2.05, 4.69) is 15.0 Å². The van der Waals surface area contributed by atoms with Gasteiger partial charge in [0.1, 0.15) is 5.82 Å². The average Bonchev–Trinajstić information content (AvgIpc) is 2.19. The quantitative estimate of drug-likeness (QED) is 0.754. The first-order chi connectivity index (χ1) is 6.84. The second-order valence-corrected chi connectivity index (χ2v) is 2.88. The Bertz CT molecular complexity index is 464. The van der Waals surface area contributed by atoms with Crippen molar-refractivity contribution in [1.29, 1.82) is 0 Å². The van der Waals surface area contributed by atoms with E-state index in [1.165, 1.54) is 12.3 Å². The van der Waals surface area contributed by atoms with Crippen LogP contribution in [0.1, 0.15) is 11.5 Å². The van der Waals surface area contributed by atoms with Crippen LogP contribution in [-0.4, -0.2) is 15.0 Å². The summed E-state index contributed by atoms with van der Waals surface area (Å²) in [4.78, 5) is 21.8. The summed E-state index contributed by atoms with van der Waals surface area (Å²) in [5, 5.41) is 0. The van der Waals surface area contributed by atoms with Crippen molar-refractivity contribution in [2.24, 2.45) is 0 Å². The van der Waals surface area contributed by atoms with Crippen molar-refractivity contribution in [1.82, 2.24) is 15.0 Å². The lowest BCUT2D eigenvalue weighted by Gasteiger charge is -1.98. The third kappa shape index (κ3) is 2.04. The molecule has 0 unspecified atom stereocenters.